The first kappa shape index (κ1) is 17.4. The van der Waals surface area contributed by atoms with Crippen molar-refractivity contribution in [1.82, 2.24) is 4.72 Å². The van der Waals surface area contributed by atoms with Gasteiger partial charge in [-0.25, -0.2) is 13.1 Å². The highest BCUT2D eigenvalue weighted by Crippen LogP contribution is 2.18. The van der Waals surface area contributed by atoms with Crippen LogP contribution in [0.2, 0.25) is 0 Å². The zero-order valence-corrected chi connectivity index (χ0v) is 14.1. The average Bonchev–Trinajstić information content (AvgIpc) is 2.55. The molecule has 0 heterocycles. The minimum atomic E-state index is -3.54. The second kappa shape index (κ2) is 7.53. The van der Waals surface area contributed by atoms with Crippen LogP contribution < -0.4 is 4.72 Å². The molecule has 1 atom stereocenters. The molecule has 2 aromatic carbocycles. The van der Waals surface area contributed by atoms with Crippen LogP contribution in [0.4, 0.5) is 0 Å². The van der Waals surface area contributed by atoms with Crippen LogP contribution in [0.15, 0.2) is 59.5 Å². The summed E-state index contributed by atoms with van der Waals surface area (Å²) in [4.78, 5) is 11.4. The van der Waals surface area contributed by atoms with Crippen LogP contribution >= 0.6 is 0 Å². The molecule has 0 amide bonds. The van der Waals surface area contributed by atoms with Crippen LogP contribution in [0.25, 0.3) is 0 Å². The molecule has 0 aromatic heterocycles. The molecule has 0 aliphatic carbocycles. The predicted octanol–water partition coefficient (Wildman–Crippen LogP) is 3.36. The van der Waals surface area contributed by atoms with Crippen molar-refractivity contribution in [1.29, 1.82) is 0 Å². The third kappa shape index (κ3) is 4.74. The molecular weight excluding hydrogens is 310 g/mol. The monoisotopic (exact) mass is 331 g/mol. The van der Waals surface area contributed by atoms with E-state index >= 15 is 0 Å². The molecule has 2 aromatic rings. The van der Waals surface area contributed by atoms with Crippen LogP contribution in [0.5, 0.6) is 0 Å². The maximum absolute atomic E-state index is 12.2. The number of carbonyl (C=O) groups excluding carboxylic acids is 1. The summed E-state index contributed by atoms with van der Waals surface area (Å²) in [5.41, 5.74) is 1.69. The SMILES string of the molecule is CC(=O)c1ccc(S(=O)(=O)NCCC(C)c2ccccc2)cc1. The van der Waals surface area contributed by atoms with E-state index < -0.39 is 10.0 Å². The van der Waals surface area contributed by atoms with Gasteiger partial charge in [-0.1, -0.05) is 49.4 Å². The van der Waals surface area contributed by atoms with Gasteiger partial charge >= 0.3 is 0 Å². The Balaban J connectivity index is 1.95. The van der Waals surface area contributed by atoms with Crippen LogP contribution in [0, 0.1) is 0 Å². The fraction of sp³-hybridized carbons (Fsp3) is 0.278. The van der Waals surface area contributed by atoms with E-state index in [9.17, 15) is 13.2 Å². The predicted molar refractivity (Wildman–Crippen MR) is 91.1 cm³/mol. The van der Waals surface area contributed by atoms with E-state index in [2.05, 4.69) is 11.6 Å². The highest BCUT2D eigenvalue weighted by Gasteiger charge is 2.14. The van der Waals surface area contributed by atoms with Crippen LogP contribution in [0.3, 0.4) is 0 Å². The van der Waals surface area contributed by atoms with Crippen molar-refractivity contribution in [2.45, 2.75) is 31.1 Å². The topological polar surface area (TPSA) is 63.2 Å². The van der Waals surface area contributed by atoms with Crippen molar-refractivity contribution in [2.75, 3.05) is 6.54 Å². The molecule has 1 unspecified atom stereocenters. The van der Waals surface area contributed by atoms with Gasteiger partial charge in [0.15, 0.2) is 5.78 Å². The average molecular weight is 331 g/mol. The fourth-order valence-electron chi connectivity index (χ4n) is 2.31. The van der Waals surface area contributed by atoms with Crippen LogP contribution in [-0.4, -0.2) is 20.7 Å². The van der Waals surface area contributed by atoms with Gasteiger partial charge in [-0.15, -0.1) is 0 Å². The lowest BCUT2D eigenvalue weighted by Crippen LogP contribution is -2.25. The number of hydrogen-bond acceptors (Lipinski definition) is 3. The van der Waals surface area contributed by atoms with Crippen molar-refractivity contribution in [3.63, 3.8) is 0 Å². The number of carbonyl (C=O) groups is 1. The van der Waals surface area contributed by atoms with E-state index in [-0.39, 0.29) is 16.6 Å². The van der Waals surface area contributed by atoms with Gasteiger partial charge in [0.25, 0.3) is 0 Å². The molecule has 0 aliphatic heterocycles. The number of ketones is 1. The molecule has 5 heteroatoms. The molecule has 122 valence electrons. The van der Waals surface area contributed by atoms with E-state index in [4.69, 9.17) is 0 Å². The first-order valence-corrected chi connectivity index (χ1v) is 9.04. The molecule has 0 saturated carbocycles. The fourth-order valence-corrected chi connectivity index (χ4v) is 3.36. The Morgan fingerprint density at radius 1 is 1.04 bits per heavy atom. The highest BCUT2D eigenvalue weighted by molar-refractivity contribution is 7.89. The summed E-state index contributed by atoms with van der Waals surface area (Å²) in [6.45, 7) is 3.89. The Hall–Kier alpha value is -1.98. The maximum Gasteiger partial charge on any atom is 0.240 e. The van der Waals surface area contributed by atoms with E-state index in [1.54, 1.807) is 0 Å². The highest BCUT2D eigenvalue weighted by atomic mass is 32.2. The molecule has 4 nitrogen and oxygen atoms in total. The molecule has 0 radical (unpaired) electrons. The normalized spacial score (nSPS) is 12.8. The molecular formula is C18H21NO3S. The number of hydrogen-bond donors (Lipinski definition) is 1. The summed E-state index contributed by atoms with van der Waals surface area (Å²) in [5, 5.41) is 0. The zero-order valence-electron chi connectivity index (χ0n) is 13.3. The summed E-state index contributed by atoms with van der Waals surface area (Å²) in [6.07, 6.45) is 0.717. The van der Waals surface area contributed by atoms with Crippen LogP contribution in [-0.2, 0) is 10.0 Å². The van der Waals surface area contributed by atoms with Gasteiger partial charge in [0.1, 0.15) is 0 Å². The minimum absolute atomic E-state index is 0.0846. The molecule has 0 saturated heterocycles. The molecule has 0 bridgehead atoms. The van der Waals surface area contributed by atoms with Crippen molar-refractivity contribution < 1.29 is 13.2 Å². The summed E-state index contributed by atoms with van der Waals surface area (Å²) in [7, 11) is -3.54. The van der Waals surface area contributed by atoms with Gasteiger partial charge in [0, 0.05) is 12.1 Å². The van der Waals surface area contributed by atoms with Crippen molar-refractivity contribution in [3.8, 4) is 0 Å². The summed E-state index contributed by atoms with van der Waals surface area (Å²) >= 11 is 0. The molecule has 2 rings (SSSR count). The second-order valence-electron chi connectivity index (χ2n) is 5.58. The molecule has 0 spiro atoms. The minimum Gasteiger partial charge on any atom is -0.295 e. The van der Waals surface area contributed by atoms with Crippen LogP contribution in [0.1, 0.15) is 42.1 Å². The third-order valence-electron chi connectivity index (χ3n) is 3.81. The molecule has 23 heavy (non-hydrogen) atoms. The van der Waals surface area contributed by atoms with E-state index in [0.717, 1.165) is 6.42 Å². The third-order valence-corrected chi connectivity index (χ3v) is 5.29. The van der Waals surface area contributed by atoms with Gasteiger partial charge in [0.05, 0.1) is 4.90 Å². The van der Waals surface area contributed by atoms with Crippen molar-refractivity contribution in [2.24, 2.45) is 0 Å². The summed E-state index contributed by atoms with van der Waals surface area (Å²) in [5.74, 6) is 0.192. The van der Waals surface area contributed by atoms with Gasteiger partial charge in [-0.3, -0.25) is 4.79 Å². The van der Waals surface area contributed by atoms with E-state index in [0.29, 0.717) is 12.1 Å². The van der Waals surface area contributed by atoms with E-state index in [1.807, 2.05) is 30.3 Å². The van der Waals surface area contributed by atoms with E-state index in [1.165, 1.54) is 36.8 Å². The number of rotatable bonds is 7. The quantitative estimate of drug-likeness (QED) is 0.791. The number of Topliss-reactive ketones (excluding diaryl/α,β-unsaturated/α-hetero) is 1. The number of sulfonamides is 1. The number of nitrogens with one attached hydrogen (secondary N) is 1. The Labute approximate surface area is 137 Å². The van der Waals surface area contributed by atoms with Gasteiger partial charge < -0.3 is 0 Å². The van der Waals surface area contributed by atoms with Gasteiger partial charge in [-0.05, 0) is 37.0 Å². The summed E-state index contributed by atoms with van der Waals surface area (Å²) < 4.78 is 27.1. The van der Waals surface area contributed by atoms with Gasteiger partial charge in [-0.2, -0.15) is 0 Å². The Kier molecular flexibility index (Phi) is 5.69. The Bertz CT molecular complexity index is 753. The first-order chi connectivity index (χ1) is 10.9. The molecule has 1 N–H and O–H groups in total. The second-order valence-corrected chi connectivity index (χ2v) is 7.35. The lowest BCUT2D eigenvalue weighted by molar-refractivity contribution is 0.101. The van der Waals surface area contributed by atoms with Crippen molar-refractivity contribution >= 4 is 15.8 Å². The first-order valence-electron chi connectivity index (χ1n) is 7.56. The Morgan fingerprint density at radius 2 is 1.65 bits per heavy atom. The lowest BCUT2D eigenvalue weighted by Gasteiger charge is -2.12. The summed E-state index contributed by atoms with van der Waals surface area (Å²) in [6, 6.07) is 16.0. The largest absolute Gasteiger partial charge is 0.295 e. The molecule has 0 fully saturated rings. The smallest absolute Gasteiger partial charge is 0.240 e. The molecule has 0 aliphatic rings. The maximum atomic E-state index is 12.2. The number of benzene rings is 2. The standard InChI is InChI=1S/C18H21NO3S/c1-14(16-6-4-3-5-7-16)12-13-19-23(21,22)18-10-8-17(9-11-18)15(2)20/h3-11,14,19H,12-13H2,1-2H3. The van der Waals surface area contributed by atoms with Crippen molar-refractivity contribution in [3.05, 3.63) is 65.7 Å². The van der Waals surface area contributed by atoms with Gasteiger partial charge in [0.2, 0.25) is 10.0 Å². The Morgan fingerprint density at radius 3 is 2.22 bits per heavy atom. The zero-order chi connectivity index (χ0) is 16.9. The lowest BCUT2D eigenvalue weighted by atomic mass is 9.98.